The van der Waals surface area contributed by atoms with Crippen molar-refractivity contribution < 1.29 is 33.8 Å². The minimum Gasteiger partial charge on any atom is -0.444 e. The molecule has 0 aliphatic carbocycles. The van der Waals surface area contributed by atoms with Crippen LogP contribution in [0.2, 0.25) is 0 Å². The summed E-state index contributed by atoms with van der Waals surface area (Å²) in [6.45, 7) is 23.5. The normalized spacial score (nSPS) is 29.5. The van der Waals surface area contributed by atoms with Crippen molar-refractivity contribution in [1.82, 2.24) is 20.0 Å². The maximum atomic E-state index is 12.3. The number of nitrogens with zero attached hydrogens (tertiary/aromatic N) is 3. The number of ether oxygens (including phenoxy) is 1. The van der Waals surface area contributed by atoms with Crippen LogP contribution in [0.4, 0.5) is 4.79 Å². The maximum Gasteiger partial charge on any atom is 0.410 e. The lowest BCUT2D eigenvalue weighted by Crippen LogP contribution is -2.53. The molecule has 260 valence electrons. The smallest absolute Gasteiger partial charge is 0.410 e. The largest absolute Gasteiger partial charge is 0.444 e. The third kappa shape index (κ3) is 14.9. The highest BCUT2D eigenvalue weighted by Gasteiger charge is 2.39. The van der Waals surface area contributed by atoms with Gasteiger partial charge in [-0.1, -0.05) is 27.7 Å². The zero-order valence-corrected chi connectivity index (χ0v) is 29.3. The van der Waals surface area contributed by atoms with Crippen molar-refractivity contribution in [2.75, 3.05) is 39.3 Å². The Kier molecular flexibility index (Phi) is 19.0. The van der Waals surface area contributed by atoms with Crippen LogP contribution < -0.4 is 5.32 Å². The van der Waals surface area contributed by atoms with Gasteiger partial charge < -0.3 is 20.1 Å². The molecule has 0 radical (unpaired) electrons. The number of rotatable bonds is 6. The second-order valence-electron chi connectivity index (χ2n) is 14.7. The number of amides is 1. The number of hydrogen-bond acceptors (Lipinski definition) is 10. The van der Waals surface area contributed by atoms with Crippen molar-refractivity contribution in [3.05, 3.63) is 0 Å². The molecule has 11 nitrogen and oxygen atoms in total. The summed E-state index contributed by atoms with van der Waals surface area (Å²) in [4.78, 5) is 52.1. The van der Waals surface area contributed by atoms with Gasteiger partial charge in [-0.25, -0.2) is 4.79 Å². The van der Waals surface area contributed by atoms with E-state index in [1.165, 1.54) is 51.6 Å². The standard InChI is InChI=1S/C19H36N2O2.C13H26N2O.2CO2/c1-14(2)12-16-8-7-10-21(16)17-9-11-20(13-15(17)3)18(22)23-19(4,5)6;1-10-9-14-6-5-13(10)15-7-3-4-12(15)8-11(2)16;2*2-1-3/h14-17H,7-13H2,1-6H3;10-14,16H,3-9H2,1-2H3;;/t15?,16-,17?;10?,11?,12-,13?;;/m00../s1. The van der Waals surface area contributed by atoms with Gasteiger partial charge in [0.1, 0.15) is 5.60 Å². The quantitative estimate of drug-likeness (QED) is 0.436. The van der Waals surface area contributed by atoms with Gasteiger partial charge in [-0.3, -0.25) is 9.80 Å². The van der Waals surface area contributed by atoms with Gasteiger partial charge in [0.2, 0.25) is 0 Å². The van der Waals surface area contributed by atoms with Crippen LogP contribution >= 0.6 is 0 Å². The summed E-state index contributed by atoms with van der Waals surface area (Å²) < 4.78 is 5.53. The fourth-order valence-electron chi connectivity index (χ4n) is 7.64. The summed E-state index contributed by atoms with van der Waals surface area (Å²) in [6.07, 6.45) is 10.1. The SMILES string of the molecule is CC(C)C[C@@H]1CCCN1C1CCN(C(=O)OC(C)(C)C)CC1C.CC(O)C[C@@H]1CCCN1C1CCNCC1C.O=C=O.O=C=O. The molecule has 0 bridgehead atoms. The van der Waals surface area contributed by atoms with Crippen LogP contribution in [0.1, 0.15) is 107 Å². The number of aliphatic hydroxyl groups is 1. The number of carbonyl (C=O) groups is 1. The summed E-state index contributed by atoms with van der Waals surface area (Å²) >= 11 is 0. The van der Waals surface area contributed by atoms with Crippen LogP contribution in [-0.4, -0.2) is 113 Å². The molecule has 5 unspecified atom stereocenters. The van der Waals surface area contributed by atoms with Crippen LogP contribution in [0.3, 0.4) is 0 Å². The summed E-state index contributed by atoms with van der Waals surface area (Å²) in [5.41, 5.74) is -0.408. The van der Waals surface area contributed by atoms with Crippen molar-refractivity contribution in [3.63, 3.8) is 0 Å². The lowest BCUT2D eigenvalue weighted by molar-refractivity contribution is -0.193. The number of piperidine rings is 2. The molecule has 11 heteroatoms. The Hall–Kier alpha value is -2.13. The Labute approximate surface area is 271 Å². The fraction of sp³-hybridized carbons (Fsp3) is 0.912. The molecule has 4 saturated heterocycles. The van der Waals surface area contributed by atoms with Crippen molar-refractivity contribution in [2.45, 2.75) is 143 Å². The molecule has 0 aromatic heterocycles. The molecular weight excluding hydrogens is 576 g/mol. The van der Waals surface area contributed by atoms with E-state index in [-0.39, 0.29) is 24.5 Å². The van der Waals surface area contributed by atoms with E-state index in [0.29, 0.717) is 18.0 Å². The van der Waals surface area contributed by atoms with Crippen molar-refractivity contribution >= 4 is 18.4 Å². The summed E-state index contributed by atoms with van der Waals surface area (Å²) in [6, 6.07) is 2.74. The number of carbonyl (C=O) groups excluding carboxylic acids is 5. The highest BCUT2D eigenvalue weighted by Crippen LogP contribution is 2.32. The Morgan fingerprint density at radius 1 is 0.844 bits per heavy atom. The van der Waals surface area contributed by atoms with Gasteiger partial charge in [-0.05, 0) is 123 Å². The first-order valence-electron chi connectivity index (χ1n) is 17.1. The minimum absolute atomic E-state index is 0.150. The van der Waals surface area contributed by atoms with Gasteiger partial charge >= 0.3 is 18.4 Å². The van der Waals surface area contributed by atoms with E-state index in [9.17, 15) is 9.90 Å². The molecule has 4 rings (SSSR count). The van der Waals surface area contributed by atoms with E-state index in [1.54, 1.807) is 0 Å². The molecule has 4 aliphatic rings. The number of nitrogens with one attached hydrogen (secondary N) is 1. The average Bonchev–Trinajstić information content (AvgIpc) is 3.58. The van der Waals surface area contributed by atoms with E-state index < -0.39 is 5.60 Å². The fourth-order valence-corrected chi connectivity index (χ4v) is 7.64. The van der Waals surface area contributed by atoms with Crippen LogP contribution in [0, 0.1) is 17.8 Å². The lowest BCUT2D eigenvalue weighted by Gasteiger charge is -2.43. The second kappa shape index (κ2) is 20.9. The molecular formula is C34H62N4O7. The van der Waals surface area contributed by atoms with Gasteiger partial charge in [-0.2, -0.15) is 19.2 Å². The van der Waals surface area contributed by atoms with Crippen LogP contribution in [0.25, 0.3) is 0 Å². The van der Waals surface area contributed by atoms with Crippen LogP contribution in [0.5, 0.6) is 0 Å². The van der Waals surface area contributed by atoms with Gasteiger partial charge in [0.05, 0.1) is 6.10 Å². The van der Waals surface area contributed by atoms with Crippen LogP contribution in [-0.2, 0) is 23.9 Å². The van der Waals surface area contributed by atoms with E-state index >= 15 is 0 Å². The topological polar surface area (TPSA) is 137 Å². The van der Waals surface area contributed by atoms with Gasteiger partial charge in [0, 0.05) is 37.3 Å². The molecule has 0 aromatic carbocycles. The third-order valence-corrected chi connectivity index (χ3v) is 9.31. The molecule has 0 aromatic rings. The van der Waals surface area contributed by atoms with E-state index in [4.69, 9.17) is 23.9 Å². The van der Waals surface area contributed by atoms with Gasteiger partial charge in [0.15, 0.2) is 0 Å². The highest BCUT2D eigenvalue weighted by molar-refractivity contribution is 5.68. The predicted octanol–water partition coefficient (Wildman–Crippen LogP) is 4.20. The van der Waals surface area contributed by atoms with Gasteiger partial charge in [-0.15, -0.1) is 0 Å². The number of hydrogen-bond donors (Lipinski definition) is 2. The number of likely N-dealkylation sites (tertiary alicyclic amines) is 3. The number of aliphatic hydroxyl groups excluding tert-OH is 1. The first kappa shape index (κ1) is 40.9. The molecule has 7 atom stereocenters. The predicted molar refractivity (Wildman–Crippen MR) is 171 cm³/mol. The molecule has 4 fully saturated rings. The van der Waals surface area contributed by atoms with Crippen LogP contribution in [0.15, 0.2) is 0 Å². The zero-order valence-electron chi connectivity index (χ0n) is 29.3. The van der Waals surface area contributed by atoms with Crippen molar-refractivity contribution in [1.29, 1.82) is 0 Å². The molecule has 0 saturated carbocycles. The summed E-state index contributed by atoms with van der Waals surface area (Å²) in [5, 5.41) is 13.0. The minimum atomic E-state index is -0.408. The van der Waals surface area contributed by atoms with E-state index in [1.807, 2.05) is 32.6 Å². The lowest BCUT2D eigenvalue weighted by atomic mass is 9.91. The first-order valence-corrected chi connectivity index (χ1v) is 17.1. The zero-order chi connectivity index (χ0) is 34.2. The van der Waals surface area contributed by atoms with E-state index in [0.717, 1.165) is 62.9 Å². The first-order chi connectivity index (χ1) is 21.2. The van der Waals surface area contributed by atoms with Crippen molar-refractivity contribution in [3.8, 4) is 0 Å². The van der Waals surface area contributed by atoms with E-state index in [2.05, 4.69) is 42.8 Å². The average molecular weight is 639 g/mol. The molecule has 45 heavy (non-hydrogen) atoms. The van der Waals surface area contributed by atoms with Gasteiger partial charge in [0.25, 0.3) is 0 Å². The molecule has 4 aliphatic heterocycles. The molecule has 2 N–H and O–H groups in total. The highest BCUT2D eigenvalue weighted by atomic mass is 16.6. The molecule has 0 spiro atoms. The molecule has 1 amide bonds. The van der Waals surface area contributed by atoms with Crippen molar-refractivity contribution in [2.24, 2.45) is 17.8 Å². The Balaban J connectivity index is 0.000000399. The molecule has 4 heterocycles. The summed E-state index contributed by atoms with van der Waals surface area (Å²) in [5.74, 6) is 2.03. The Morgan fingerprint density at radius 2 is 1.36 bits per heavy atom. The third-order valence-electron chi connectivity index (χ3n) is 9.31. The Morgan fingerprint density at radius 3 is 1.80 bits per heavy atom. The second-order valence-corrected chi connectivity index (χ2v) is 14.7. The Bertz CT molecular complexity index is 901. The maximum absolute atomic E-state index is 12.3. The summed E-state index contributed by atoms with van der Waals surface area (Å²) in [7, 11) is 0. The monoisotopic (exact) mass is 638 g/mol.